The van der Waals surface area contributed by atoms with Crippen molar-refractivity contribution in [3.8, 4) is 0 Å². The van der Waals surface area contributed by atoms with E-state index >= 15 is 0 Å². The number of carbonyl (C=O) groups excluding carboxylic acids is 4. The number of fused-ring (bicyclic) bond motifs is 1. The van der Waals surface area contributed by atoms with E-state index < -0.39 is 40.3 Å². The number of rotatable bonds is 9. The first-order valence-corrected chi connectivity index (χ1v) is 13.4. The van der Waals surface area contributed by atoms with Crippen molar-refractivity contribution in [3.63, 3.8) is 0 Å². The molecule has 2 heterocycles. The molecule has 34 heavy (non-hydrogen) atoms. The van der Waals surface area contributed by atoms with Crippen LogP contribution in [0.2, 0.25) is 0 Å². The fourth-order valence-electron chi connectivity index (χ4n) is 4.17. The molecule has 1 atom stereocenters. The molecule has 1 aromatic rings. The summed E-state index contributed by atoms with van der Waals surface area (Å²) in [4.78, 5) is 53.3. The molecule has 1 unspecified atom stereocenters. The summed E-state index contributed by atoms with van der Waals surface area (Å²) in [6.45, 7) is 7.97. The molecule has 0 saturated carbocycles. The van der Waals surface area contributed by atoms with Gasteiger partial charge >= 0.3 is 5.97 Å². The third-order valence-corrected chi connectivity index (χ3v) is 7.74. The number of hydrogen-bond acceptors (Lipinski definition) is 7. The highest BCUT2D eigenvalue weighted by Crippen LogP contribution is 2.25. The Morgan fingerprint density at radius 3 is 2.35 bits per heavy atom. The van der Waals surface area contributed by atoms with Gasteiger partial charge in [-0.25, -0.2) is 13.2 Å². The second-order valence-electron chi connectivity index (χ2n) is 9.78. The summed E-state index contributed by atoms with van der Waals surface area (Å²) in [5.74, 6) is -1.70. The van der Waals surface area contributed by atoms with E-state index in [1.807, 2.05) is 27.7 Å². The molecule has 0 bridgehead atoms. The van der Waals surface area contributed by atoms with Crippen molar-refractivity contribution in [2.75, 3.05) is 31.2 Å². The van der Waals surface area contributed by atoms with E-state index in [4.69, 9.17) is 4.74 Å². The Kier molecular flexibility index (Phi) is 7.80. The van der Waals surface area contributed by atoms with Gasteiger partial charge in [-0.15, -0.1) is 0 Å². The average molecular weight is 493 g/mol. The van der Waals surface area contributed by atoms with Crippen LogP contribution in [0.25, 0.3) is 0 Å². The van der Waals surface area contributed by atoms with E-state index in [0.29, 0.717) is 31.8 Å². The largest absolute Gasteiger partial charge is 0.452 e. The molecule has 0 N–H and O–H groups in total. The Bertz CT molecular complexity index is 1090. The summed E-state index contributed by atoms with van der Waals surface area (Å²) in [6, 6.07) is 3.72. The lowest BCUT2D eigenvalue weighted by Crippen LogP contribution is -2.45. The fourth-order valence-corrected chi connectivity index (χ4v) is 5.90. The Balaban J connectivity index is 1.67. The highest BCUT2D eigenvalue weighted by Gasteiger charge is 2.37. The maximum atomic E-state index is 12.8. The van der Waals surface area contributed by atoms with Gasteiger partial charge in [0.15, 0.2) is 16.4 Å². The van der Waals surface area contributed by atoms with Crippen LogP contribution in [0.4, 0.5) is 0 Å². The van der Waals surface area contributed by atoms with Crippen molar-refractivity contribution in [3.05, 3.63) is 34.9 Å². The van der Waals surface area contributed by atoms with Crippen molar-refractivity contribution in [1.29, 1.82) is 0 Å². The molecule has 1 fully saturated rings. The van der Waals surface area contributed by atoms with Gasteiger partial charge in [-0.05, 0) is 42.9 Å². The normalized spacial score (nSPS) is 19.1. The van der Waals surface area contributed by atoms with Crippen molar-refractivity contribution >= 4 is 33.5 Å². The number of esters is 1. The first-order chi connectivity index (χ1) is 15.9. The predicted octanol–water partition coefficient (Wildman–Crippen LogP) is 2.16. The summed E-state index contributed by atoms with van der Waals surface area (Å²) < 4.78 is 28.9. The van der Waals surface area contributed by atoms with Gasteiger partial charge in [-0.1, -0.05) is 27.7 Å². The van der Waals surface area contributed by atoms with Gasteiger partial charge in [0, 0.05) is 19.1 Å². The van der Waals surface area contributed by atoms with E-state index in [1.165, 1.54) is 28.0 Å². The third kappa shape index (κ3) is 5.84. The molecule has 2 aliphatic heterocycles. The predicted molar refractivity (Wildman–Crippen MR) is 125 cm³/mol. The number of benzene rings is 1. The molecular formula is C24H32N2O7S. The summed E-state index contributed by atoms with van der Waals surface area (Å²) >= 11 is 0. The quantitative estimate of drug-likeness (QED) is 0.383. The molecule has 9 nitrogen and oxygen atoms in total. The zero-order chi connectivity index (χ0) is 25.2. The van der Waals surface area contributed by atoms with Gasteiger partial charge in [-0.2, -0.15) is 0 Å². The van der Waals surface area contributed by atoms with Crippen LogP contribution >= 0.6 is 0 Å². The molecule has 1 saturated heterocycles. The fraction of sp³-hybridized carbons (Fsp3) is 0.583. The van der Waals surface area contributed by atoms with E-state index in [-0.39, 0.29) is 40.0 Å². The summed E-state index contributed by atoms with van der Waals surface area (Å²) in [5.41, 5.74) is 0.455. The number of amides is 3. The van der Waals surface area contributed by atoms with Gasteiger partial charge in [0.05, 0.1) is 28.2 Å². The zero-order valence-corrected chi connectivity index (χ0v) is 20.9. The van der Waals surface area contributed by atoms with Crippen molar-refractivity contribution in [2.24, 2.45) is 11.8 Å². The molecule has 10 heteroatoms. The number of carbonyl (C=O) groups is 4. The number of imide groups is 1. The minimum Gasteiger partial charge on any atom is -0.452 e. The van der Waals surface area contributed by atoms with E-state index in [0.717, 1.165) is 0 Å². The van der Waals surface area contributed by atoms with Crippen molar-refractivity contribution < 1.29 is 32.3 Å². The van der Waals surface area contributed by atoms with Gasteiger partial charge in [0.1, 0.15) is 0 Å². The molecule has 0 spiro atoms. The molecule has 0 aromatic heterocycles. The van der Waals surface area contributed by atoms with Gasteiger partial charge in [0.2, 0.25) is 0 Å². The number of nitrogens with zero attached hydrogens (tertiary/aromatic N) is 2. The minimum absolute atomic E-state index is 0.0371. The highest BCUT2D eigenvalue weighted by molar-refractivity contribution is 7.91. The van der Waals surface area contributed by atoms with Crippen molar-refractivity contribution in [2.45, 2.75) is 46.6 Å². The van der Waals surface area contributed by atoms with Gasteiger partial charge in [-0.3, -0.25) is 19.3 Å². The molecular weight excluding hydrogens is 460 g/mol. The van der Waals surface area contributed by atoms with Crippen LogP contribution in [-0.4, -0.2) is 79.2 Å². The van der Waals surface area contributed by atoms with Crippen LogP contribution in [0.3, 0.4) is 0 Å². The molecule has 0 radical (unpaired) electrons. The van der Waals surface area contributed by atoms with E-state index in [9.17, 15) is 27.6 Å². The highest BCUT2D eigenvalue weighted by atomic mass is 32.2. The summed E-state index contributed by atoms with van der Waals surface area (Å²) in [5, 5.41) is 0. The molecule has 186 valence electrons. The molecule has 2 aliphatic rings. The number of hydrogen-bond donors (Lipinski definition) is 0. The van der Waals surface area contributed by atoms with Gasteiger partial charge in [0.25, 0.3) is 17.7 Å². The second kappa shape index (κ2) is 10.2. The topological polar surface area (TPSA) is 118 Å². The Hall–Kier alpha value is -2.75. The van der Waals surface area contributed by atoms with Crippen LogP contribution in [-0.2, 0) is 19.4 Å². The molecule has 0 aliphatic carbocycles. The first-order valence-electron chi connectivity index (χ1n) is 11.6. The smallest absolute Gasteiger partial charge is 0.338 e. The number of sulfone groups is 1. The van der Waals surface area contributed by atoms with Crippen molar-refractivity contribution in [1.82, 2.24) is 9.80 Å². The first kappa shape index (κ1) is 25.9. The number of ether oxygens (including phenoxy) is 1. The molecule has 1 aromatic carbocycles. The summed E-state index contributed by atoms with van der Waals surface area (Å²) in [6.07, 6.45) is 1.04. The lowest BCUT2D eigenvalue weighted by Gasteiger charge is -2.29. The summed E-state index contributed by atoms with van der Waals surface area (Å²) in [7, 11) is -3.18. The molecule has 3 rings (SSSR count). The average Bonchev–Trinajstić information content (AvgIpc) is 3.24. The van der Waals surface area contributed by atoms with Crippen LogP contribution in [0.15, 0.2) is 18.2 Å². The maximum absolute atomic E-state index is 12.8. The minimum atomic E-state index is -3.18. The Morgan fingerprint density at radius 1 is 1.09 bits per heavy atom. The zero-order valence-electron chi connectivity index (χ0n) is 20.1. The second-order valence-corrected chi connectivity index (χ2v) is 12.0. The Labute approximate surface area is 200 Å². The lowest BCUT2D eigenvalue weighted by molar-refractivity contribution is -0.137. The van der Waals surface area contributed by atoms with Crippen LogP contribution in [0.1, 0.15) is 71.6 Å². The van der Waals surface area contributed by atoms with E-state index in [2.05, 4.69) is 0 Å². The maximum Gasteiger partial charge on any atom is 0.338 e. The van der Waals surface area contributed by atoms with E-state index in [1.54, 1.807) is 0 Å². The third-order valence-electron chi connectivity index (χ3n) is 5.99. The van der Waals surface area contributed by atoms with Crippen LogP contribution < -0.4 is 0 Å². The van der Waals surface area contributed by atoms with Crippen LogP contribution in [0, 0.1) is 11.8 Å². The molecule has 3 amide bonds. The standard InChI is InChI=1S/C24H32N2O7S/c1-15(2)7-9-25-22(28)19-6-5-17(11-20(19)23(25)29)24(30)33-13-21(27)26(12-16(3)4)18-8-10-34(31,32)14-18/h5-6,11,15-16,18H,7-10,12-14H2,1-4H3. The van der Waals surface area contributed by atoms with Crippen LogP contribution in [0.5, 0.6) is 0 Å². The van der Waals surface area contributed by atoms with Gasteiger partial charge < -0.3 is 9.64 Å². The SMILES string of the molecule is CC(C)CCN1C(=O)c2ccc(C(=O)OCC(=O)N(CC(C)C)C3CCS(=O)(=O)C3)cc2C1=O. The Morgan fingerprint density at radius 2 is 1.76 bits per heavy atom. The lowest BCUT2D eigenvalue weighted by atomic mass is 10.1. The monoisotopic (exact) mass is 492 g/mol.